The van der Waals surface area contributed by atoms with Gasteiger partial charge in [0.1, 0.15) is 0 Å². The number of benzene rings is 1. The number of hydrogen-bond donors (Lipinski definition) is 1. The molecule has 0 aliphatic heterocycles. The van der Waals surface area contributed by atoms with Crippen molar-refractivity contribution < 1.29 is 8.94 Å². The van der Waals surface area contributed by atoms with Crippen LogP contribution in [0.3, 0.4) is 0 Å². The first-order chi connectivity index (χ1) is 8.74. The number of hydrogen-bond acceptors (Lipinski definition) is 5. The summed E-state index contributed by atoms with van der Waals surface area (Å²) in [6, 6.07) is 8.64. The van der Waals surface area contributed by atoms with Gasteiger partial charge < -0.3 is 14.7 Å². The summed E-state index contributed by atoms with van der Waals surface area (Å²) in [5.41, 5.74) is 6.85. The van der Waals surface area contributed by atoms with Crippen molar-refractivity contribution in [3.63, 3.8) is 0 Å². The molecule has 1 aromatic carbocycles. The van der Waals surface area contributed by atoms with Crippen LogP contribution in [0.15, 0.2) is 45.5 Å². The molecule has 0 fully saturated rings. The first-order valence-corrected chi connectivity index (χ1v) is 5.55. The quantitative estimate of drug-likeness (QED) is 0.717. The number of anilines is 1. The summed E-state index contributed by atoms with van der Waals surface area (Å²) >= 11 is 5.94. The van der Waals surface area contributed by atoms with Crippen LogP contribution in [0.5, 0.6) is 0 Å². The normalized spacial score (nSPS) is 10.7. The molecule has 18 heavy (non-hydrogen) atoms. The average Bonchev–Trinajstić information content (AvgIpc) is 3.01. The van der Waals surface area contributed by atoms with Gasteiger partial charge in [-0.2, -0.15) is 4.98 Å². The van der Waals surface area contributed by atoms with Crippen LogP contribution in [0.1, 0.15) is 0 Å². The third-order valence-corrected chi connectivity index (χ3v) is 2.74. The number of halogens is 1. The minimum absolute atomic E-state index is 0.364. The van der Waals surface area contributed by atoms with E-state index >= 15 is 0 Å². The van der Waals surface area contributed by atoms with E-state index in [1.165, 1.54) is 0 Å². The lowest BCUT2D eigenvalue weighted by atomic mass is 10.2. The van der Waals surface area contributed by atoms with Crippen LogP contribution in [0.4, 0.5) is 5.69 Å². The lowest BCUT2D eigenvalue weighted by Crippen LogP contribution is -1.86. The molecular formula is C12H8ClN3O2. The second kappa shape index (κ2) is 4.19. The molecule has 0 saturated heterocycles. The van der Waals surface area contributed by atoms with Gasteiger partial charge in [-0.1, -0.05) is 16.8 Å². The van der Waals surface area contributed by atoms with Gasteiger partial charge in [0.25, 0.3) is 5.89 Å². The Balaban J connectivity index is 2.00. The zero-order chi connectivity index (χ0) is 12.5. The van der Waals surface area contributed by atoms with Gasteiger partial charge in [0.15, 0.2) is 5.76 Å². The fourth-order valence-electron chi connectivity index (χ4n) is 1.51. The van der Waals surface area contributed by atoms with Crippen LogP contribution in [-0.2, 0) is 0 Å². The molecule has 0 amide bonds. The number of rotatable bonds is 2. The van der Waals surface area contributed by atoms with E-state index in [4.69, 9.17) is 26.3 Å². The van der Waals surface area contributed by atoms with Gasteiger partial charge in [0, 0.05) is 5.56 Å². The summed E-state index contributed by atoms with van der Waals surface area (Å²) in [6.07, 6.45) is 1.55. The largest absolute Gasteiger partial charge is 0.461 e. The SMILES string of the molecule is Nc1ccc(-c2nc(-c3ccco3)no2)cc1Cl. The summed E-state index contributed by atoms with van der Waals surface area (Å²) in [7, 11) is 0. The van der Waals surface area contributed by atoms with E-state index in [9.17, 15) is 0 Å². The Kier molecular flexibility index (Phi) is 2.53. The zero-order valence-corrected chi connectivity index (χ0v) is 9.89. The van der Waals surface area contributed by atoms with Gasteiger partial charge in [-0.3, -0.25) is 0 Å². The van der Waals surface area contributed by atoms with E-state index in [1.807, 2.05) is 0 Å². The monoisotopic (exact) mass is 261 g/mol. The Hall–Kier alpha value is -2.27. The first-order valence-electron chi connectivity index (χ1n) is 5.17. The van der Waals surface area contributed by atoms with Crippen LogP contribution >= 0.6 is 11.6 Å². The topological polar surface area (TPSA) is 78.1 Å². The Bertz CT molecular complexity index is 676. The van der Waals surface area contributed by atoms with Crippen molar-refractivity contribution in [3.05, 3.63) is 41.6 Å². The highest BCUT2D eigenvalue weighted by molar-refractivity contribution is 6.33. The van der Waals surface area contributed by atoms with E-state index in [1.54, 1.807) is 36.6 Å². The molecule has 2 heterocycles. The predicted octanol–water partition coefficient (Wildman–Crippen LogP) is 3.23. The fourth-order valence-corrected chi connectivity index (χ4v) is 1.69. The maximum absolute atomic E-state index is 5.94. The third-order valence-electron chi connectivity index (χ3n) is 2.41. The van der Waals surface area contributed by atoms with Crippen molar-refractivity contribution in [2.75, 3.05) is 5.73 Å². The molecule has 0 radical (unpaired) electrons. The van der Waals surface area contributed by atoms with Crippen molar-refractivity contribution in [2.24, 2.45) is 0 Å². The van der Waals surface area contributed by atoms with E-state index in [0.717, 1.165) is 0 Å². The number of nitrogens with two attached hydrogens (primary N) is 1. The molecule has 0 aliphatic carbocycles. The lowest BCUT2D eigenvalue weighted by Gasteiger charge is -1.98. The Morgan fingerprint density at radius 1 is 1.22 bits per heavy atom. The predicted molar refractivity (Wildman–Crippen MR) is 66.9 cm³/mol. The molecule has 2 N–H and O–H groups in total. The summed E-state index contributed by atoms with van der Waals surface area (Å²) < 4.78 is 10.3. The first kappa shape index (κ1) is 10.9. The molecule has 2 aromatic heterocycles. The van der Waals surface area contributed by atoms with E-state index < -0.39 is 0 Å². The molecule has 5 nitrogen and oxygen atoms in total. The molecule has 0 aliphatic rings. The second-order valence-electron chi connectivity index (χ2n) is 3.64. The number of aromatic nitrogens is 2. The number of furan rings is 1. The van der Waals surface area contributed by atoms with Gasteiger partial charge in [-0.15, -0.1) is 0 Å². The minimum Gasteiger partial charge on any atom is -0.461 e. The standard InChI is InChI=1S/C12H8ClN3O2/c13-8-6-7(3-4-9(8)14)12-15-11(16-18-12)10-2-1-5-17-10/h1-6H,14H2. The highest BCUT2D eigenvalue weighted by atomic mass is 35.5. The van der Waals surface area contributed by atoms with Crippen LogP contribution in [0.2, 0.25) is 5.02 Å². The van der Waals surface area contributed by atoms with Crippen molar-refractivity contribution in [3.8, 4) is 23.0 Å². The molecule has 0 spiro atoms. The fraction of sp³-hybridized carbons (Fsp3) is 0. The smallest absolute Gasteiger partial charge is 0.258 e. The van der Waals surface area contributed by atoms with Gasteiger partial charge in [0.05, 0.1) is 17.0 Å². The van der Waals surface area contributed by atoms with Gasteiger partial charge >= 0.3 is 0 Å². The molecule has 0 saturated carbocycles. The number of nitrogen functional groups attached to an aromatic ring is 1. The van der Waals surface area contributed by atoms with Gasteiger partial charge in [0.2, 0.25) is 5.82 Å². The van der Waals surface area contributed by atoms with Crippen molar-refractivity contribution >= 4 is 17.3 Å². The maximum Gasteiger partial charge on any atom is 0.258 e. The molecule has 3 aromatic rings. The Morgan fingerprint density at radius 2 is 2.11 bits per heavy atom. The van der Waals surface area contributed by atoms with Crippen molar-refractivity contribution in [1.29, 1.82) is 0 Å². The van der Waals surface area contributed by atoms with Crippen LogP contribution in [0.25, 0.3) is 23.0 Å². The van der Waals surface area contributed by atoms with E-state index in [0.29, 0.717) is 33.7 Å². The minimum atomic E-state index is 0.364. The molecule has 0 atom stereocenters. The Labute approximate surface area is 107 Å². The van der Waals surface area contributed by atoms with Crippen LogP contribution in [-0.4, -0.2) is 10.1 Å². The van der Waals surface area contributed by atoms with Gasteiger partial charge in [-0.25, -0.2) is 0 Å². The number of nitrogens with zero attached hydrogens (tertiary/aromatic N) is 2. The molecule has 0 bridgehead atoms. The summed E-state index contributed by atoms with van der Waals surface area (Å²) in [4.78, 5) is 4.22. The maximum atomic E-state index is 5.94. The highest BCUT2D eigenvalue weighted by Gasteiger charge is 2.13. The summed E-state index contributed by atoms with van der Waals surface area (Å²) in [5.74, 6) is 1.30. The second-order valence-corrected chi connectivity index (χ2v) is 4.04. The highest BCUT2D eigenvalue weighted by Crippen LogP contribution is 2.27. The van der Waals surface area contributed by atoms with Crippen LogP contribution < -0.4 is 5.73 Å². The van der Waals surface area contributed by atoms with Crippen molar-refractivity contribution in [1.82, 2.24) is 10.1 Å². The van der Waals surface area contributed by atoms with E-state index in [-0.39, 0.29) is 0 Å². The molecule has 3 rings (SSSR count). The Morgan fingerprint density at radius 3 is 2.83 bits per heavy atom. The summed E-state index contributed by atoms with van der Waals surface area (Å²) in [5, 5.41) is 4.28. The molecular weight excluding hydrogens is 254 g/mol. The van der Waals surface area contributed by atoms with E-state index in [2.05, 4.69) is 10.1 Å². The zero-order valence-electron chi connectivity index (χ0n) is 9.13. The molecule has 0 unspecified atom stereocenters. The van der Waals surface area contributed by atoms with Gasteiger partial charge in [-0.05, 0) is 30.3 Å². The van der Waals surface area contributed by atoms with Crippen LogP contribution in [0, 0.1) is 0 Å². The van der Waals surface area contributed by atoms with Crippen molar-refractivity contribution in [2.45, 2.75) is 0 Å². The molecule has 6 heteroatoms. The molecule has 90 valence electrons. The third kappa shape index (κ3) is 1.84. The summed E-state index contributed by atoms with van der Waals surface area (Å²) in [6.45, 7) is 0. The lowest BCUT2D eigenvalue weighted by molar-refractivity contribution is 0.429. The average molecular weight is 262 g/mol.